The Hall–Kier alpha value is -3.50. The van der Waals surface area contributed by atoms with E-state index in [1.54, 1.807) is 19.4 Å². The highest BCUT2D eigenvalue weighted by Crippen LogP contribution is 2.26. The van der Waals surface area contributed by atoms with Crippen LogP contribution in [0, 0.1) is 0 Å². The molecule has 2 aliphatic heterocycles. The van der Waals surface area contributed by atoms with Gasteiger partial charge in [0.15, 0.2) is 0 Å². The molecule has 2 aromatic rings. The molecule has 4 rings (SSSR count). The smallest absolute Gasteiger partial charge is 0.416 e. The molecule has 10 heteroatoms. The van der Waals surface area contributed by atoms with Gasteiger partial charge in [0, 0.05) is 46.0 Å². The predicted octanol–water partition coefficient (Wildman–Crippen LogP) is 2.84. The highest BCUT2D eigenvalue weighted by atomic mass is 16.6. The SMILES string of the molecule is C=CC(=O)N1CCN(Cc2ccc(C(C)Nc3nccc(N4C(=O)OC[C@@H]4C(C)OC)n3)cc2)CC1. The molecule has 3 heterocycles. The maximum Gasteiger partial charge on any atom is 0.416 e. The summed E-state index contributed by atoms with van der Waals surface area (Å²) in [5.74, 6) is 0.903. The third-order valence-corrected chi connectivity index (χ3v) is 6.80. The van der Waals surface area contributed by atoms with Crippen LogP contribution in [0.5, 0.6) is 0 Å². The summed E-state index contributed by atoms with van der Waals surface area (Å²) in [6.07, 6.45) is 2.37. The van der Waals surface area contributed by atoms with E-state index in [0.717, 1.165) is 38.3 Å². The predicted molar refractivity (Wildman–Crippen MR) is 137 cm³/mol. The van der Waals surface area contributed by atoms with Gasteiger partial charge in [0.05, 0.1) is 12.1 Å². The fourth-order valence-electron chi connectivity index (χ4n) is 4.46. The zero-order chi connectivity index (χ0) is 25.7. The minimum Gasteiger partial charge on any atom is -0.447 e. The molecule has 36 heavy (non-hydrogen) atoms. The van der Waals surface area contributed by atoms with Crippen LogP contribution >= 0.6 is 0 Å². The molecular weight excluding hydrogens is 460 g/mol. The summed E-state index contributed by atoms with van der Waals surface area (Å²) in [5.41, 5.74) is 2.32. The Morgan fingerprint density at radius 2 is 1.94 bits per heavy atom. The largest absolute Gasteiger partial charge is 0.447 e. The molecule has 0 radical (unpaired) electrons. The molecule has 2 aliphatic rings. The third-order valence-electron chi connectivity index (χ3n) is 6.80. The van der Waals surface area contributed by atoms with Crippen LogP contribution in [0.15, 0.2) is 49.2 Å². The van der Waals surface area contributed by atoms with Crippen molar-refractivity contribution in [1.82, 2.24) is 19.8 Å². The Kier molecular flexibility index (Phi) is 8.17. The molecule has 0 aliphatic carbocycles. The molecule has 2 unspecified atom stereocenters. The van der Waals surface area contributed by atoms with Gasteiger partial charge < -0.3 is 19.7 Å². The first-order valence-corrected chi connectivity index (χ1v) is 12.2. The molecule has 0 saturated carbocycles. The zero-order valence-electron chi connectivity index (χ0n) is 21.1. The van der Waals surface area contributed by atoms with Gasteiger partial charge in [-0.15, -0.1) is 0 Å². The molecule has 0 spiro atoms. The van der Waals surface area contributed by atoms with E-state index in [1.165, 1.54) is 16.5 Å². The van der Waals surface area contributed by atoms with Crippen LogP contribution in [-0.4, -0.2) is 83.8 Å². The topological polar surface area (TPSA) is 100 Å². The van der Waals surface area contributed by atoms with E-state index >= 15 is 0 Å². The maximum absolute atomic E-state index is 12.3. The van der Waals surface area contributed by atoms with Gasteiger partial charge in [0.25, 0.3) is 0 Å². The lowest BCUT2D eigenvalue weighted by atomic mass is 10.1. The molecule has 192 valence electrons. The lowest BCUT2D eigenvalue weighted by molar-refractivity contribution is -0.127. The van der Waals surface area contributed by atoms with Crippen LogP contribution in [0.3, 0.4) is 0 Å². The number of nitrogens with one attached hydrogen (secondary N) is 1. The summed E-state index contributed by atoms with van der Waals surface area (Å²) in [6, 6.07) is 9.86. The van der Waals surface area contributed by atoms with Crippen molar-refractivity contribution in [2.75, 3.05) is 50.1 Å². The van der Waals surface area contributed by atoms with Crippen molar-refractivity contribution < 1.29 is 19.1 Å². The number of anilines is 2. The quantitative estimate of drug-likeness (QED) is 0.532. The minimum absolute atomic E-state index is 0.000258. The van der Waals surface area contributed by atoms with E-state index in [9.17, 15) is 9.59 Å². The van der Waals surface area contributed by atoms with Gasteiger partial charge in [-0.1, -0.05) is 30.8 Å². The number of nitrogens with zero attached hydrogens (tertiary/aromatic N) is 5. The second-order valence-corrected chi connectivity index (χ2v) is 9.11. The van der Waals surface area contributed by atoms with E-state index < -0.39 is 6.09 Å². The number of aromatic nitrogens is 2. The molecular formula is C26H34N6O4. The van der Waals surface area contributed by atoms with Crippen LogP contribution in [0.4, 0.5) is 16.6 Å². The van der Waals surface area contributed by atoms with Crippen molar-refractivity contribution in [2.24, 2.45) is 0 Å². The van der Waals surface area contributed by atoms with Crippen molar-refractivity contribution in [3.63, 3.8) is 0 Å². The number of hydrogen-bond acceptors (Lipinski definition) is 8. The molecule has 2 fully saturated rings. The number of cyclic esters (lactones) is 1. The Morgan fingerprint density at radius 1 is 1.22 bits per heavy atom. The Labute approximate surface area is 211 Å². The first-order valence-electron chi connectivity index (χ1n) is 12.2. The monoisotopic (exact) mass is 494 g/mol. The highest BCUT2D eigenvalue weighted by Gasteiger charge is 2.39. The van der Waals surface area contributed by atoms with Crippen molar-refractivity contribution in [2.45, 2.75) is 38.6 Å². The van der Waals surface area contributed by atoms with Crippen molar-refractivity contribution in [1.29, 1.82) is 0 Å². The lowest BCUT2D eigenvalue weighted by Gasteiger charge is -2.34. The summed E-state index contributed by atoms with van der Waals surface area (Å²) < 4.78 is 10.6. The van der Waals surface area contributed by atoms with Crippen molar-refractivity contribution in [3.05, 3.63) is 60.3 Å². The van der Waals surface area contributed by atoms with Gasteiger partial charge in [-0.2, -0.15) is 4.98 Å². The molecule has 1 aromatic heterocycles. The van der Waals surface area contributed by atoms with Gasteiger partial charge in [-0.05, 0) is 37.1 Å². The van der Waals surface area contributed by atoms with Crippen LogP contribution in [0.2, 0.25) is 0 Å². The number of carbonyl (C=O) groups excluding carboxylic acids is 2. The first kappa shape index (κ1) is 25.6. The average Bonchev–Trinajstić information content (AvgIpc) is 3.30. The fourth-order valence-corrected chi connectivity index (χ4v) is 4.46. The molecule has 10 nitrogen and oxygen atoms in total. The first-order chi connectivity index (χ1) is 17.4. The summed E-state index contributed by atoms with van der Waals surface area (Å²) in [7, 11) is 1.61. The molecule has 3 atom stereocenters. The second kappa shape index (κ2) is 11.5. The van der Waals surface area contributed by atoms with Gasteiger partial charge in [0.2, 0.25) is 11.9 Å². The molecule has 2 amide bonds. The zero-order valence-corrected chi connectivity index (χ0v) is 21.1. The van der Waals surface area contributed by atoms with Crippen LogP contribution in [-0.2, 0) is 20.8 Å². The van der Waals surface area contributed by atoms with E-state index in [1.807, 2.05) is 18.7 Å². The molecule has 0 bridgehead atoms. The van der Waals surface area contributed by atoms with Crippen molar-refractivity contribution in [3.8, 4) is 0 Å². The third kappa shape index (κ3) is 5.83. The van der Waals surface area contributed by atoms with E-state index in [-0.39, 0.29) is 30.7 Å². The Balaban J connectivity index is 1.35. The number of methoxy groups -OCH3 is 1. The van der Waals surface area contributed by atoms with Gasteiger partial charge in [0.1, 0.15) is 18.5 Å². The lowest BCUT2D eigenvalue weighted by Crippen LogP contribution is -2.47. The Bertz CT molecular complexity index is 1070. The van der Waals surface area contributed by atoms with Gasteiger partial charge in [-0.25, -0.2) is 9.78 Å². The van der Waals surface area contributed by atoms with Crippen LogP contribution < -0.4 is 10.2 Å². The second-order valence-electron chi connectivity index (χ2n) is 9.11. The molecule has 1 aromatic carbocycles. The van der Waals surface area contributed by atoms with Gasteiger partial charge >= 0.3 is 6.09 Å². The van der Waals surface area contributed by atoms with Crippen LogP contribution in [0.1, 0.15) is 31.0 Å². The van der Waals surface area contributed by atoms with Gasteiger partial charge in [-0.3, -0.25) is 14.6 Å². The average molecular weight is 495 g/mol. The van der Waals surface area contributed by atoms with E-state index in [0.29, 0.717) is 11.8 Å². The minimum atomic E-state index is -0.439. The number of rotatable bonds is 9. The number of benzene rings is 1. The normalized spacial score (nSPS) is 20.1. The summed E-state index contributed by atoms with van der Waals surface area (Å²) in [6.45, 7) is 11.8. The highest BCUT2D eigenvalue weighted by molar-refractivity contribution is 5.89. The molecule has 1 N–H and O–H groups in total. The van der Waals surface area contributed by atoms with E-state index in [4.69, 9.17) is 9.47 Å². The molecule has 2 saturated heterocycles. The number of hydrogen-bond donors (Lipinski definition) is 1. The summed E-state index contributed by atoms with van der Waals surface area (Å²) in [5, 5.41) is 3.33. The summed E-state index contributed by atoms with van der Waals surface area (Å²) in [4.78, 5) is 38.7. The fraction of sp³-hybridized carbons (Fsp3) is 0.462. The Morgan fingerprint density at radius 3 is 2.61 bits per heavy atom. The number of carbonyl (C=O) groups is 2. The van der Waals surface area contributed by atoms with Crippen molar-refractivity contribution >= 4 is 23.8 Å². The maximum atomic E-state index is 12.3. The van der Waals surface area contributed by atoms with E-state index in [2.05, 4.69) is 51.0 Å². The number of ether oxygens (including phenoxy) is 2. The standard InChI is InChI=1S/C26H34N6O4/c1-5-24(33)31-14-12-30(13-15-31)16-20-6-8-21(9-7-20)18(2)28-25-27-11-10-23(29-25)32-22(19(3)35-4)17-36-26(32)34/h5-11,18-19,22H,1,12-17H2,2-4H3,(H,27,28,29)/t18?,19?,22-/m1/s1. The number of piperazine rings is 1. The summed E-state index contributed by atoms with van der Waals surface area (Å²) >= 11 is 0. The van der Waals surface area contributed by atoms with Crippen LogP contribution in [0.25, 0.3) is 0 Å². The number of amides is 2.